The van der Waals surface area contributed by atoms with Crippen molar-refractivity contribution in [2.45, 2.75) is 23.6 Å². The molecule has 2 aliphatic heterocycles. The molecule has 7 heteroatoms. The van der Waals surface area contributed by atoms with Crippen molar-refractivity contribution >= 4 is 10.8 Å². The SMILES string of the molecule is FC(F)(F)C1=C(C(F)(F)F)C2(c3ccccc3)OC1(c1ccccc1)c1cc3ccccc3cc12. The molecule has 0 N–H and O–H groups in total. The van der Waals surface area contributed by atoms with Gasteiger partial charge in [0.25, 0.3) is 0 Å². The van der Waals surface area contributed by atoms with Crippen LogP contribution in [0.2, 0.25) is 0 Å². The zero-order valence-electron chi connectivity index (χ0n) is 17.9. The second-order valence-corrected chi connectivity index (χ2v) is 8.69. The minimum atomic E-state index is -5.32. The molecule has 1 nitrogen and oxygen atoms in total. The average molecular weight is 482 g/mol. The van der Waals surface area contributed by atoms with Crippen LogP contribution in [0, 0.1) is 0 Å². The third kappa shape index (κ3) is 2.82. The Morgan fingerprint density at radius 1 is 0.486 bits per heavy atom. The molecular formula is C28H16F6O. The summed E-state index contributed by atoms with van der Waals surface area (Å²) in [5, 5.41) is 1.21. The van der Waals surface area contributed by atoms with Gasteiger partial charge in [0.1, 0.15) is 0 Å². The molecule has 35 heavy (non-hydrogen) atoms. The van der Waals surface area contributed by atoms with Gasteiger partial charge in [0, 0.05) is 11.1 Å². The summed E-state index contributed by atoms with van der Waals surface area (Å²) in [6.45, 7) is 0. The van der Waals surface area contributed by atoms with Crippen molar-refractivity contribution in [2.75, 3.05) is 0 Å². The molecule has 176 valence electrons. The van der Waals surface area contributed by atoms with Crippen LogP contribution in [0.4, 0.5) is 26.3 Å². The standard InChI is InChI=1S/C28H16F6O/c29-27(30,31)23-24(28(32,33)34)26(20-13-5-2-6-14-20)22-16-18-10-8-7-9-17(18)15-21(22)25(23,35-26)19-11-3-1-4-12-19/h1-16H. The lowest BCUT2D eigenvalue weighted by molar-refractivity contribution is -0.123. The molecule has 2 heterocycles. The summed E-state index contributed by atoms with van der Waals surface area (Å²) in [5.41, 5.74) is -8.33. The van der Waals surface area contributed by atoms with Gasteiger partial charge < -0.3 is 4.74 Å². The molecule has 0 aliphatic carbocycles. The maximum Gasteiger partial charge on any atom is 0.416 e. The van der Waals surface area contributed by atoms with E-state index in [2.05, 4.69) is 0 Å². The number of halogens is 6. The van der Waals surface area contributed by atoms with Gasteiger partial charge in [-0.05, 0) is 34.0 Å². The van der Waals surface area contributed by atoms with Crippen molar-refractivity contribution in [1.82, 2.24) is 0 Å². The summed E-state index contributed by atoms with van der Waals surface area (Å²) in [5.74, 6) is 0. The van der Waals surface area contributed by atoms with Gasteiger partial charge in [-0.1, -0.05) is 84.9 Å². The molecule has 6 rings (SSSR count). The fourth-order valence-corrected chi connectivity index (χ4v) is 5.63. The average Bonchev–Trinajstić information content (AvgIpc) is 3.33. The maximum absolute atomic E-state index is 14.8. The van der Waals surface area contributed by atoms with Gasteiger partial charge >= 0.3 is 12.4 Å². The molecule has 2 aliphatic rings. The van der Waals surface area contributed by atoms with Crippen molar-refractivity contribution in [3.05, 3.63) is 130 Å². The van der Waals surface area contributed by atoms with Crippen molar-refractivity contribution in [1.29, 1.82) is 0 Å². The molecule has 4 aromatic rings. The highest BCUT2D eigenvalue weighted by Crippen LogP contribution is 2.71. The summed E-state index contributed by atoms with van der Waals surface area (Å²) in [6, 6.07) is 24.6. The highest BCUT2D eigenvalue weighted by atomic mass is 19.4. The van der Waals surface area contributed by atoms with Gasteiger partial charge in [-0.15, -0.1) is 0 Å². The van der Waals surface area contributed by atoms with Crippen LogP contribution < -0.4 is 0 Å². The minimum absolute atomic E-state index is 0.0130. The van der Waals surface area contributed by atoms with Crippen molar-refractivity contribution in [3.63, 3.8) is 0 Å². The van der Waals surface area contributed by atoms with E-state index in [-0.39, 0.29) is 22.3 Å². The molecule has 2 bridgehead atoms. The van der Waals surface area contributed by atoms with E-state index in [9.17, 15) is 26.3 Å². The van der Waals surface area contributed by atoms with Crippen molar-refractivity contribution in [2.24, 2.45) is 0 Å². The van der Waals surface area contributed by atoms with Gasteiger partial charge in [0.05, 0.1) is 11.1 Å². The Labute approximate surface area is 196 Å². The van der Waals surface area contributed by atoms with Gasteiger partial charge in [0.15, 0.2) is 11.2 Å². The van der Waals surface area contributed by atoms with E-state index in [0.29, 0.717) is 10.8 Å². The lowest BCUT2D eigenvalue weighted by atomic mass is 9.67. The van der Waals surface area contributed by atoms with Gasteiger partial charge in [-0.3, -0.25) is 0 Å². The van der Waals surface area contributed by atoms with Crippen LogP contribution in [0.1, 0.15) is 22.3 Å². The molecule has 0 radical (unpaired) electrons. The smallest absolute Gasteiger partial charge is 0.340 e. The molecule has 0 amide bonds. The van der Waals surface area contributed by atoms with Crippen LogP contribution in [-0.4, -0.2) is 12.4 Å². The molecular weight excluding hydrogens is 466 g/mol. The van der Waals surface area contributed by atoms with E-state index < -0.39 is 34.7 Å². The highest BCUT2D eigenvalue weighted by Gasteiger charge is 2.75. The molecule has 0 saturated heterocycles. The molecule has 0 fully saturated rings. The lowest BCUT2D eigenvalue weighted by Crippen LogP contribution is -2.39. The summed E-state index contributed by atoms with van der Waals surface area (Å²) in [6.07, 6.45) is -10.6. The first kappa shape index (κ1) is 21.9. The van der Waals surface area contributed by atoms with Crippen LogP contribution in [0.15, 0.2) is 108 Å². The predicted molar refractivity (Wildman–Crippen MR) is 119 cm³/mol. The minimum Gasteiger partial charge on any atom is -0.340 e. The maximum atomic E-state index is 14.8. The number of benzene rings is 4. The van der Waals surface area contributed by atoms with Crippen LogP contribution in [0.25, 0.3) is 10.8 Å². The summed E-state index contributed by atoms with van der Waals surface area (Å²) in [7, 11) is 0. The molecule has 2 unspecified atom stereocenters. The van der Waals surface area contributed by atoms with Gasteiger partial charge in [-0.2, -0.15) is 26.3 Å². The lowest BCUT2D eigenvalue weighted by Gasteiger charge is -2.34. The quantitative estimate of drug-likeness (QED) is 0.209. The summed E-state index contributed by atoms with van der Waals surface area (Å²) in [4.78, 5) is 0. The summed E-state index contributed by atoms with van der Waals surface area (Å²) >= 11 is 0. The first-order valence-corrected chi connectivity index (χ1v) is 10.8. The van der Waals surface area contributed by atoms with Crippen LogP contribution >= 0.6 is 0 Å². The second-order valence-electron chi connectivity index (χ2n) is 8.69. The number of fused-ring (bicyclic) bond motifs is 6. The third-order valence-corrected chi connectivity index (χ3v) is 6.83. The third-order valence-electron chi connectivity index (χ3n) is 6.83. The normalized spacial score (nSPS) is 23.7. The number of hydrogen-bond acceptors (Lipinski definition) is 1. The Hall–Kier alpha value is -3.58. The molecule has 0 saturated carbocycles. The van der Waals surface area contributed by atoms with E-state index in [4.69, 9.17) is 4.74 Å². The molecule has 0 aromatic heterocycles. The fourth-order valence-electron chi connectivity index (χ4n) is 5.63. The number of hydrogen-bond donors (Lipinski definition) is 0. The number of ether oxygens (including phenoxy) is 1. The molecule has 0 spiro atoms. The Morgan fingerprint density at radius 2 is 0.829 bits per heavy atom. The monoisotopic (exact) mass is 482 g/mol. The van der Waals surface area contributed by atoms with E-state index in [0.717, 1.165) is 0 Å². The molecule has 2 atom stereocenters. The predicted octanol–water partition coefficient (Wildman–Crippen LogP) is 7.79. The van der Waals surface area contributed by atoms with E-state index in [1.54, 1.807) is 36.4 Å². The van der Waals surface area contributed by atoms with E-state index >= 15 is 0 Å². The second kappa shape index (κ2) is 6.98. The van der Waals surface area contributed by atoms with Crippen LogP contribution in [-0.2, 0) is 15.9 Å². The Morgan fingerprint density at radius 3 is 1.17 bits per heavy atom. The zero-order chi connectivity index (χ0) is 24.6. The number of alkyl halides is 6. The Bertz CT molecular complexity index is 1380. The number of rotatable bonds is 2. The van der Waals surface area contributed by atoms with E-state index in [1.807, 2.05) is 0 Å². The van der Waals surface area contributed by atoms with Gasteiger partial charge in [-0.25, -0.2) is 0 Å². The Kier molecular flexibility index (Phi) is 4.37. The highest BCUT2D eigenvalue weighted by molar-refractivity contribution is 5.87. The van der Waals surface area contributed by atoms with Crippen molar-refractivity contribution < 1.29 is 31.1 Å². The van der Waals surface area contributed by atoms with Crippen molar-refractivity contribution in [3.8, 4) is 0 Å². The molecule has 4 aromatic carbocycles. The van der Waals surface area contributed by atoms with E-state index in [1.165, 1.54) is 60.7 Å². The van der Waals surface area contributed by atoms with Crippen LogP contribution in [0.3, 0.4) is 0 Å². The van der Waals surface area contributed by atoms with Crippen LogP contribution in [0.5, 0.6) is 0 Å². The first-order valence-electron chi connectivity index (χ1n) is 10.8. The summed E-state index contributed by atoms with van der Waals surface area (Å²) < 4.78 is 94.9. The topological polar surface area (TPSA) is 9.23 Å². The largest absolute Gasteiger partial charge is 0.416 e. The van der Waals surface area contributed by atoms with Gasteiger partial charge in [0.2, 0.25) is 0 Å². The fraction of sp³-hybridized carbons (Fsp3) is 0.143. The zero-order valence-corrected chi connectivity index (χ0v) is 17.9. The first-order chi connectivity index (χ1) is 16.6. The Balaban J connectivity index is 1.87.